The second kappa shape index (κ2) is 5.37. The van der Waals surface area contributed by atoms with Crippen molar-refractivity contribution in [2.75, 3.05) is 5.32 Å². The normalized spacial score (nSPS) is 11.0. The van der Waals surface area contributed by atoms with Crippen LogP contribution < -0.4 is 5.32 Å². The molecule has 3 aromatic rings. The molecule has 4 nitrogen and oxygen atoms in total. The summed E-state index contributed by atoms with van der Waals surface area (Å²) in [5.41, 5.74) is 5.27. The van der Waals surface area contributed by atoms with Crippen molar-refractivity contribution in [1.29, 1.82) is 0 Å². The Hall–Kier alpha value is -2.07. The molecule has 0 aliphatic carbocycles. The molecule has 2 aromatic heterocycles. The third kappa shape index (κ3) is 2.47. The van der Waals surface area contributed by atoms with Gasteiger partial charge in [-0.3, -0.25) is 9.67 Å². The average Bonchev–Trinajstić information content (AvgIpc) is 2.72. The van der Waals surface area contributed by atoms with E-state index in [4.69, 9.17) is 11.6 Å². The Balaban J connectivity index is 1.94. The molecular formula is C16H17ClN4. The first kappa shape index (κ1) is 13.9. The van der Waals surface area contributed by atoms with E-state index in [-0.39, 0.29) is 0 Å². The van der Waals surface area contributed by atoms with Crippen LogP contribution in [0, 0.1) is 13.8 Å². The summed E-state index contributed by atoms with van der Waals surface area (Å²) in [7, 11) is 1.95. The highest BCUT2D eigenvalue weighted by Crippen LogP contribution is 2.26. The van der Waals surface area contributed by atoms with Crippen LogP contribution in [0.2, 0.25) is 5.02 Å². The third-order valence-corrected chi connectivity index (χ3v) is 4.09. The summed E-state index contributed by atoms with van der Waals surface area (Å²) in [5.74, 6) is 0. The zero-order chi connectivity index (χ0) is 15.0. The van der Waals surface area contributed by atoms with Gasteiger partial charge in [0.1, 0.15) is 0 Å². The molecule has 1 aromatic carbocycles. The number of hydrogen-bond donors (Lipinski definition) is 1. The van der Waals surface area contributed by atoms with Crippen LogP contribution in [0.3, 0.4) is 0 Å². The number of rotatable bonds is 3. The van der Waals surface area contributed by atoms with Crippen molar-refractivity contribution < 1.29 is 0 Å². The number of hydrogen-bond acceptors (Lipinski definition) is 3. The summed E-state index contributed by atoms with van der Waals surface area (Å²) >= 11 is 6.23. The van der Waals surface area contributed by atoms with Crippen molar-refractivity contribution in [2.24, 2.45) is 7.05 Å². The predicted octanol–water partition coefficient (Wildman–Crippen LogP) is 3.85. The molecule has 0 bridgehead atoms. The van der Waals surface area contributed by atoms with Gasteiger partial charge in [0.05, 0.1) is 22.6 Å². The summed E-state index contributed by atoms with van der Waals surface area (Å²) in [5, 5.41) is 9.60. The highest BCUT2D eigenvalue weighted by Gasteiger charge is 2.10. The van der Waals surface area contributed by atoms with Crippen LogP contribution in [0.4, 0.5) is 5.69 Å². The van der Waals surface area contributed by atoms with Crippen LogP contribution in [-0.2, 0) is 13.6 Å². The summed E-state index contributed by atoms with van der Waals surface area (Å²) in [4.78, 5) is 4.46. The fraction of sp³-hybridized carbons (Fsp3) is 0.250. The third-order valence-electron chi connectivity index (χ3n) is 3.76. The van der Waals surface area contributed by atoms with E-state index in [1.165, 1.54) is 0 Å². The number of pyridine rings is 1. The minimum absolute atomic E-state index is 0.693. The first-order chi connectivity index (χ1) is 10.1. The van der Waals surface area contributed by atoms with Crippen LogP contribution in [0.5, 0.6) is 0 Å². The fourth-order valence-corrected chi connectivity index (χ4v) is 2.77. The van der Waals surface area contributed by atoms with Gasteiger partial charge < -0.3 is 5.32 Å². The Morgan fingerprint density at radius 1 is 1.24 bits per heavy atom. The van der Waals surface area contributed by atoms with Gasteiger partial charge in [0.2, 0.25) is 0 Å². The second-order valence-corrected chi connectivity index (χ2v) is 5.54. The Morgan fingerprint density at radius 3 is 2.76 bits per heavy atom. The molecule has 0 saturated heterocycles. The smallest absolute Gasteiger partial charge is 0.0827 e. The topological polar surface area (TPSA) is 42.7 Å². The highest BCUT2D eigenvalue weighted by molar-refractivity contribution is 6.35. The first-order valence-corrected chi connectivity index (χ1v) is 7.22. The number of fused-ring (bicyclic) bond motifs is 1. The Bertz CT molecular complexity index is 807. The summed E-state index contributed by atoms with van der Waals surface area (Å²) in [6.45, 7) is 4.76. The van der Waals surface area contributed by atoms with Crippen LogP contribution in [-0.4, -0.2) is 14.8 Å². The molecule has 3 rings (SSSR count). The number of halogens is 1. The standard InChI is InChI=1S/C16H17ClN4/c1-10-15(11(2)21(3)20-10)19-9-12-6-7-14(17)13-5-4-8-18-16(12)13/h4-8,19H,9H2,1-3H3. The maximum absolute atomic E-state index is 6.23. The van der Waals surface area contributed by atoms with Crippen molar-refractivity contribution in [3.8, 4) is 0 Å². The number of aromatic nitrogens is 3. The first-order valence-electron chi connectivity index (χ1n) is 6.84. The highest BCUT2D eigenvalue weighted by atomic mass is 35.5. The van der Waals surface area contributed by atoms with E-state index >= 15 is 0 Å². The van der Waals surface area contributed by atoms with Crippen molar-refractivity contribution in [3.63, 3.8) is 0 Å². The van der Waals surface area contributed by atoms with Crippen molar-refractivity contribution in [1.82, 2.24) is 14.8 Å². The van der Waals surface area contributed by atoms with E-state index in [2.05, 4.69) is 22.3 Å². The zero-order valence-electron chi connectivity index (χ0n) is 12.3. The Labute approximate surface area is 128 Å². The maximum atomic E-state index is 6.23. The molecule has 108 valence electrons. The molecule has 21 heavy (non-hydrogen) atoms. The van der Waals surface area contributed by atoms with Gasteiger partial charge in [0, 0.05) is 30.2 Å². The largest absolute Gasteiger partial charge is 0.378 e. The van der Waals surface area contributed by atoms with Crippen LogP contribution in [0.15, 0.2) is 30.5 Å². The number of nitrogens with one attached hydrogen (secondary N) is 1. The molecule has 0 aliphatic heterocycles. The minimum Gasteiger partial charge on any atom is -0.378 e. The average molecular weight is 301 g/mol. The van der Waals surface area contributed by atoms with Gasteiger partial charge in [0.25, 0.3) is 0 Å². The lowest BCUT2D eigenvalue weighted by Crippen LogP contribution is -2.03. The lowest BCUT2D eigenvalue weighted by Gasteiger charge is -2.10. The molecular weight excluding hydrogens is 284 g/mol. The van der Waals surface area contributed by atoms with E-state index in [9.17, 15) is 0 Å². The molecule has 0 amide bonds. The number of benzene rings is 1. The summed E-state index contributed by atoms with van der Waals surface area (Å²) in [6, 6.07) is 7.84. The molecule has 0 unspecified atom stereocenters. The molecule has 0 radical (unpaired) electrons. The van der Waals surface area contributed by atoms with Crippen molar-refractivity contribution >= 4 is 28.2 Å². The summed E-state index contributed by atoms with van der Waals surface area (Å²) in [6.07, 6.45) is 1.79. The molecule has 0 aliphatic rings. The lowest BCUT2D eigenvalue weighted by atomic mass is 10.1. The predicted molar refractivity (Wildman–Crippen MR) is 86.8 cm³/mol. The van der Waals surface area contributed by atoms with Gasteiger partial charge in [0.15, 0.2) is 0 Å². The molecule has 0 saturated carbocycles. The van der Waals surface area contributed by atoms with Crippen molar-refractivity contribution in [3.05, 3.63) is 52.4 Å². The van der Waals surface area contributed by atoms with Crippen LogP contribution >= 0.6 is 11.6 Å². The minimum atomic E-state index is 0.693. The van der Waals surface area contributed by atoms with Gasteiger partial charge in [-0.05, 0) is 37.6 Å². The summed E-state index contributed by atoms with van der Waals surface area (Å²) < 4.78 is 1.88. The van der Waals surface area contributed by atoms with Gasteiger partial charge in [-0.1, -0.05) is 17.7 Å². The number of aryl methyl sites for hydroxylation is 2. The van der Waals surface area contributed by atoms with Gasteiger partial charge in [-0.2, -0.15) is 5.10 Å². The van der Waals surface area contributed by atoms with Crippen LogP contribution in [0.25, 0.3) is 10.9 Å². The fourth-order valence-electron chi connectivity index (χ4n) is 2.55. The zero-order valence-corrected chi connectivity index (χ0v) is 13.1. The molecule has 0 fully saturated rings. The Kier molecular flexibility index (Phi) is 3.55. The quantitative estimate of drug-likeness (QED) is 0.799. The van der Waals surface area contributed by atoms with Crippen molar-refractivity contribution in [2.45, 2.75) is 20.4 Å². The Morgan fingerprint density at radius 2 is 2.05 bits per heavy atom. The van der Waals surface area contributed by atoms with E-state index in [0.717, 1.165) is 38.6 Å². The monoisotopic (exact) mass is 300 g/mol. The second-order valence-electron chi connectivity index (χ2n) is 5.13. The molecule has 2 heterocycles. The van der Waals surface area contributed by atoms with E-state index < -0.39 is 0 Å². The van der Waals surface area contributed by atoms with Gasteiger partial charge in [-0.25, -0.2) is 0 Å². The molecule has 1 N–H and O–H groups in total. The molecule has 5 heteroatoms. The SMILES string of the molecule is Cc1nn(C)c(C)c1NCc1ccc(Cl)c2cccnc12. The molecule has 0 atom stereocenters. The van der Waals surface area contributed by atoms with E-state index in [0.29, 0.717) is 6.54 Å². The maximum Gasteiger partial charge on any atom is 0.0827 e. The van der Waals surface area contributed by atoms with Crippen LogP contribution in [0.1, 0.15) is 17.0 Å². The van der Waals surface area contributed by atoms with E-state index in [1.54, 1.807) is 6.20 Å². The molecule has 0 spiro atoms. The van der Waals surface area contributed by atoms with Gasteiger partial charge in [-0.15, -0.1) is 0 Å². The van der Waals surface area contributed by atoms with Gasteiger partial charge >= 0.3 is 0 Å². The number of anilines is 1. The lowest BCUT2D eigenvalue weighted by molar-refractivity contribution is 0.731. The number of nitrogens with zero attached hydrogens (tertiary/aromatic N) is 3. The van der Waals surface area contributed by atoms with E-state index in [1.807, 2.05) is 42.9 Å².